The van der Waals surface area contributed by atoms with E-state index < -0.39 is 10.0 Å². The van der Waals surface area contributed by atoms with Crippen LogP contribution >= 0.6 is 22.9 Å². The maximum atomic E-state index is 12.9. The number of hydrogen-bond donors (Lipinski definition) is 2. The van der Waals surface area contributed by atoms with Crippen molar-refractivity contribution in [2.45, 2.75) is 25.7 Å². The van der Waals surface area contributed by atoms with E-state index in [0.29, 0.717) is 27.9 Å². The van der Waals surface area contributed by atoms with Crippen molar-refractivity contribution in [3.8, 4) is 11.1 Å². The van der Waals surface area contributed by atoms with E-state index in [1.807, 2.05) is 31.2 Å². The zero-order chi connectivity index (χ0) is 25.4. The largest absolute Gasteiger partial charge is 0.340 e. The lowest BCUT2D eigenvalue weighted by molar-refractivity contribution is 0.601. The number of halogens is 1. The van der Waals surface area contributed by atoms with Crippen LogP contribution in [0.15, 0.2) is 65.8 Å². The zero-order valence-electron chi connectivity index (χ0n) is 19.6. The monoisotopic (exact) mass is 536 g/mol. The van der Waals surface area contributed by atoms with Gasteiger partial charge in [0.25, 0.3) is 10.0 Å². The Hall–Kier alpha value is -3.60. The molecule has 8 nitrogen and oxygen atoms in total. The van der Waals surface area contributed by atoms with Crippen molar-refractivity contribution >= 4 is 60.6 Å². The van der Waals surface area contributed by atoms with E-state index in [4.69, 9.17) is 11.6 Å². The number of sulfonamides is 1. The Balaban J connectivity index is 1.45. The zero-order valence-corrected chi connectivity index (χ0v) is 22.0. The number of nitrogens with zero attached hydrogens (tertiary/aromatic N) is 4. The molecule has 0 aliphatic heterocycles. The van der Waals surface area contributed by atoms with Crippen molar-refractivity contribution in [1.82, 2.24) is 19.9 Å². The molecular weight excluding hydrogens is 516 g/mol. The van der Waals surface area contributed by atoms with Crippen LogP contribution in [0.25, 0.3) is 21.3 Å². The highest BCUT2D eigenvalue weighted by molar-refractivity contribution is 7.92. The molecule has 0 aliphatic rings. The second kappa shape index (κ2) is 9.45. The normalized spacial score (nSPS) is 11.6. The number of fused-ring (bicyclic) bond motifs is 1. The van der Waals surface area contributed by atoms with Gasteiger partial charge in [0, 0.05) is 32.5 Å². The highest BCUT2D eigenvalue weighted by Crippen LogP contribution is 2.41. The molecular formula is C25H21ClN6O2S2. The molecule has 3 aromatic heterocycles. The number of thiophene rings is 1. The predicted octanol–water partition coefficient (Wildman–Crippen LogP) is 6.27. The van der Waals surface area contributed by atoms with Crippen LogP contribution in [0.1, 0.15) is 16.3 Å². The van der Waals surface area contributed by atoms with E-state index >= 15 is 0 Å². The summed E-state index contributed by atoms with van der Waals surface area (Å²) < 4.78 is 28.2. The van der Waals surface area contributed by atoms with Crippen molar-refractivity contribution in [3.63, 3.8) is 0 Å². The molecule has 0 radical (unpaired) electrons. The van der Waals surface area contributed by atoms with Gasteiger partial charge in [-0.15, -0.1) is 11.3 Å². The third kappa shape index (κ3) is 4.88. The van der Waals surface area contributed by atoms with Gasteiger partial charge in [0.2, 0.25) is 5.95 Å². The van der Waals surface area contributed by atoms with E-state index in [0.717, 1.165) is 26.2 Å². The van der Waals surface area contributed by atoms with E-state index in [1.54, 1.807) is 43.4 Å². The second-order valence-electron chi connectivity index (χ2n) is 8.17. The SMILES string of the molecule is Cc1cc(C)nc(NS(=O)(=O)c2ccc(Nc3ncnc4sc(C)c(-c5ccc(Cl)cc5)c34)cc2)n1. The minimum absolute atomic E-state index is 0.0423. The molecule has 0 aliphatic carbocycles. The van der Waals surface area contributed by atoms with Gasteiger partial charge in [0.1, 0.15) is 17.0 Å². The van der Waals surface area contributed by atoms with Gasteiger partial charge in [0.15, 0.2) is 0 Å². The first-order valence-electron chi connectivity index (χ1n) is 10.9. The summed E-state index contributed by atoms with van der Waals surface area (Å²) in [6, 6.07) is 15.8. The summed E-state index contributed by atoms with van der Waals surface area (Å²) in [6.45, 7) is 5.61. The standard InChI is InChI=1S/C25H21ClN6O2S2/c1-14-12-15(2)30-25(29-14)32-36(33,34)20-10-8-19(9-11-20)31-23-22-21(17-4-6-18(26)7-5-17)16(3)35-24(22)28-13-27-23/h4-13H,1-3H3,(H,27,28,31)(H,29,30,32). The number of anilines is 3. The molecule has 0 saturated heterocycles. The lowest BCUT2D eigenvalue weighted by Gasteiger charge is -2.11. The number of aromatic nitrogens is 4. The van der Waals surface area contributed by atoms with Crippen LogP contribution < -0.4 is 10.0 Å². The maximum Gasteiger partial charge on any atom is 0.264 e. The Morgan fingerprint density at radius 2 is 1.56 bits per heavy atom. The Bertz CT molecular complexity index is 1660. The third-order valence-electron chi connectivity index (χ3n) is 5.43. The molecule has 2 N–H and O–H groups in total. The van der Waals surface area contributed by atoms with Crippen LogP contribution in [0.4, 0.5) is 17.5 Å². The Labute approximate surface area is 217 Å². The van der Waals surface area contributed by atoms with Crippen molar-refractivity contribution in [2.75, 3.05) is 10.0 Å². The molecule has 0 saturated carbocycles. The average Bonchev–Trinajstić information content (AvgIpc) is 3.16. The van der Waals surface area contributed by atoms with Crippen LogP contribution in [0.5, 0.6) is 0 Å². The van der Waals surface area contributed by atoms with Crippen LogP contribution in [0.3, 0.4) is 0 Å². The molecule has 0 spiro atoms. The molecule has 0 fully saturated rings. The maximum absolute atomic E-state index is 12.9. The van der Waals surface area contributed by atoms with E-state index in [1.165, 1.54) is 18.5 Å². The van der Waals surface area contributed by atoms with Crippen LogP contribution in [0, 0.1) is 20.8 Å². The fourth-order valence-corrected chi connectivity index (χ4v) is 5.99. The number of rotatable bonds is 6. The number of aryl methyl sites for hydroxylation is 3. The predicted molar refractivity (Wildman–Crippen MR) is 145 cm³/mol. The lowest BCUT2D eigenvalue weighted by atomic mass is 10.0. The van der Waals surface area contributed by atoms with Crippen molar-refractivity contribution in [2.24, 2.45) is 0 Å². The Morgan fingerprint density at radius 3 is 2.22 bits per heavy atom. The summed E-state index contributed by atoms with van der Waals surface area (Å²) in [5.41, 5.74) is 4.09. The quantitative estimate of drug-likeness (QED) is 0.263. The number of benzene rings is 2. The third-order valence-corrected chi connectivity index (χ3v) is 8.04. The summed E-state index contributed by atoms with van der Waals surface area (Å²) in [6.07, 6.45) is 1.51. The van der Waals surface area contributed by atoms with E-state index in [9.17, 15) is 8.42 Å². The minimum atomic E-state index is -3.85. The highest BCUT2D eigenvalue weighted by atomic mass is 35.5. The number of hydrogen-bond acceptors (Lipinski definition) is 8. The molecule has 0 amide bonds. The first-order valence-corrected chi connectivity index (χ1v) is 13.6. The molecule has 11 heteroatoms. The van der Waals surface area contributed by atoms with Crippen LogP contribution in [0.2, 0.25) is 5.02 Å². The molecule has 5 rings (SSSR count). The van der Waals surface area contributed by atoms with E-state index in [-0.39, 0.29) is 10.8 Å². The lowest BCUT2D eigenvalue weighted by Crippen LogP contribution is -2.15. The molecule has 0 unspecified atom stereocenters. The molecule has 3 heterocycles. The summed E-state index contributed by atoms with van der Waals surface area (Å²) in [7, 11) is -3.85. The van der Waals surface area contributed by atoms with Gasteiger partial charge < -0.3 is 5.32 Å². The van der Waals surface area contributed by atoms with Crippen molar-refractivity contribution in [3.05, 3.63) is 82.2 Å². The van der Waals surface area contributed by atoms with Gasteiger partial charge >= 0.3 is 0 Å². The molecule has 2 aromatic carbocycles. The Morgan fingerprint density at radius 1 is 0.889 bits per heavy atom. The van der Waals surface area contributed by atoms with Gasteiger partial charge in [-0.2, -0.15) is 0 Å². The van der Waals surface area contributed by atoms with Gasteiger partial charge in [-0.25, -0.2) is 33.1 Å². The topological polar surface area (TPSA) is 110 Å². The molecule has 182 valence electrons. The Kier molecular flexibility index (Phi) is 6.33. The summed E-state index contributed by atoms with van der Waals surface area (Å²) >= 11 is 7.67. The first kappa shape index (κ1) is 24.1. The fraction of sp³-hybridized carbons (Fsp3) is 0.120. The molecule has 0 bridgehead atoms. The van der Waals surface area contributed by atoms with E-state index in [2.05, 4.69) is 30.0 Å². The highest BCUT2D eigenvalue weighted by Gasteiger charge is 2.19. The van der Waals surface area contributed by atoms with Crippen LogP contribution in [-0.2, 0) is 10.0 Å². The molecule has 0 atom stereocenters. The molecule has 36 heavy (non-hydrogen) atoms. The second-order valence-corrected chi connectivity index (χ2v) is 11.5. The van der Waals surface area contributed by atoms with Gasteiger partial charge in [-0.1, -0.05) is 23.7 Å². The average molecular weight is 537 g/mol. The smallest absolute Gasteiger partial charge is 0.264 e. The fourth-order valence-electron chi connectivity index (χ4n) is 3.91. The van der Waals surface area contributed by atoms with Gasteiger partial charge in [0.05, 0.1) is 10.3 Å². The van der Waals surface area contributed by atoms with Crippen molar-refractivity contribution in [1.29, 1.82) is 0 Å². The summed E-state index contributed by atoms with van der Waals surface area (Å²) in [5.74, 6) is 0.673. The van der Waals surface area contributed by atoms with Crippen LogP contribution in [-0.4, -0.2) is 28.4 Å². The van der Waals surface area contributed by atoms with Gasteiger partial charge in [-0.05, 0) is 68.8 Å². The minimum Gasteiger partial charge on any atom is -0.340 e. The van der Waals surface area contributed by atoms with Crippen molar-refractivity contribution < 1.29 is 8.42 Å². The molecule has 5 aromatic rings. The number of nitrogens with one attached hydrogen (secondary N) is 2. The van der Waals surface area contributed by atoms with Gasteiger partial charge in [-0.3, -0.25) is 0 Å². The first-order chi connectivity index (χ1) is 17.2. The summed E-state index contributed by atoms with van der Waals surface area (Å²) in [5, 5.41) is 4.88. The summed E-state index contributed by atoms with van der Waals surface area (Å²) in [4.78, 5) is 19.3.